The molecule has 2 heterocycles. The Balaban J connectivity index is 2.27. The molecule has 112 valence electrons. The van der Waals surface area contributed by atoms with Crippen molar-refractivity contribution in [2.24, 2.45) is 16.5 Å². The molecule has 8 nitrogen and oxygen atoms in total. The van der Waals surface area contributed by atoms with Gasteiger partial charge in [0.2, 0.25) is 5.96 Å². The van der Waals surface area contributed by atoms with Gasteiger partial charge in [-0.3, -0.25) is 9.81 Å². The molecule has 0 amide bonds. The molecular weight excluding hydrogens is 304 g/mol. The third kappa shape index (κ3) is 2.23. The number of rotatable bonds is 2. The van der Waals surface area contributed by atoms with Gasteiger partial charge in [-0.25, -0.2) is 4.98 Å². The SMILES string of the molecule is N=C(N)/N=C(\N)c1c(-c2ccc(O)c(O)c2)nc2sccn12. The molecule has 0 aliphatic heterocycles. The molecule has 0 aliphatic carbocycles. The second kappa shape index (κ2) is 5.04. The molecule has 2 aromatic heterocycles. The minimum absolute atomic E-state index is 0.0426. The number of aliphatic imine (C=N–C) groups is 1. The number of thiazole rings is 1. The van der Waals surface area contributed by atoms with E-state index in [0.29, 0.717) is 21.9 Å². The molecule has 3 aromatic rings. The van der Waals surface area contributed by atoms with Gasteiger partial charge in [0, 0.05) is 17.1 Å². The normalized spacial score (nSPS) is 11.9. The van der Waals surface area contributed by atoms with Crippen LogP contribution in [0.3, 0.4) is 0 Å². The number of nitrogens with two attached hydrogens (primary N) is 2. The van der Waals surface area contributed by atoms with Crippen LogP contribution in [0.4, 0.5) is 0 Å². The monoisotopic (exact) mass is 316 g/mol. The Bertz CT molecular complexity index is 911. The van der Waals surface area contributed by atoms with Gasteiger partial charge in [0.05, 0.1) is 0 Å². The molecule has 1 aromatic carbocycles. The smallest absolute Gasteiger partial charge is 0.214 e. The predicted molar refractivity (Wildman–Crippen MR) is 84.5 cm³/mol. The van der Waals surface area contributed by atoms with Crippen molar-refractivity contribution in [3.63, 3.8) is 0 Å². The van der Waals surface area contributed by atoms with Crippen molar-refractivity contribution in [3.05, 3.63) is 35.5 Å². The summed E-state index contributed by atoms with van der Waals surface area (Å²) < 4.78 is 1.73. The molecule has 0 saturated carbocycles. The topological polar surface area (TPSA) is 146 Å². The number of nitrogens with one attached hydrogen (secondary N) is 1. The minimum atomic E-state index is -0.415. The summed E-state index contributed by atoms with van der Waals surface area (Å²) in [5, 5.41) is 28.2. The summed E-state index contributed by atoms with van der Waals surface area (Å²) in [7, 11) is 0. The van der Waals surface area contributed by atoms with Crippen LogP contribution in [0.5, 0.6) is 11.5 Å². The summed E-state index contributed by atoms with van der Waals surface area (Å²) in [6, 6.07) is 4.35. The molecule has 0 fully saturated rings. The van der Waals surface area contributed by atoms with E-state index in [1.807, 2.05) is 5.38 Å². The average Bonchev–Trinajstić information content (AvgIpc) is 3.00. The van der Waals surface area contributed by atoms with E-state index in [0.717, 1.165) is 0 Å². The van der Waals surface area contributed by atoms with Gasteiger partial charge in [-0.05, 0) is 18.2 Å². The highest BCUT2D eigenvalue weighted by molar-refractivity contribution is 7.15. The number of phenols is 2. The van der Waals surface area contributed by atoms with E-state index in [-0.39, 0.29) is 17.3 Å². The number of guanidine groups is 1. The van der Waals surface area contributed by atoms with Gasteiger partial charge in [-0.2, -0.15) is 4.99 Å². The van der Waals surface area contributed by atoms with Crippen molar-refractivity contribution in [2.45, 2.75) is 0 Å². The van der Waals surface area contributed by atoms with Crippen molar-refractivity contribution in [3.8, 4) is 22.8 Å². The number of aromatic hydroxyl groups is 2. The largest absolute Gasteiger partial charge is 0.504 e. The van der Waals surface area contributed by atoms with E-state index in [1.54, 1.807) is 16.7 Å². The summed E-state index contributed by atoms with van der Waals surface area (Å²) in [6.45, 7) is 0. The van der Waals surface area contributed by atoms with E-state index in [2.05, 4.69) is 9.98 Å². The van der Waals surface area contributed by atoms with Crippen LogP contribution in [0.25, 0.3) is 16.2 Å². The fourth-order valence-electron chi connectivity index (χ4n) is 2.09. The van der Waals surface area contributed by atoms with Crippen LogP contribution < -0.4 is 11.5 Å². The molecular formula is C13H12N6O2S. The van der Waals surface area contributed by atoms with Gasteiger partial charge >= 0.3 is 0 Å². The number of aromatic nitrogens is 2. The Morgan fingerprint density at radius 2 is 2.05 bits per heavy atom. The lowest BCUT2D eigenvalue weighted by atomic mass is 10.1. The van der Waals surface area contributed by atoms with Crippen molar-refractivity contribution < 1.29 is 10.2 Å². The molecule has 9 heteroatoms. The van der Waals surface area contributed by atoms with E-state index >= 15 is 0 Å². The number of fused-ring (bicyclic) bond motifs is 1. The number of hydrogen-bond donors (Lipinski definition) is 5. The molecule has 0 radical (unpaired) electrons. The van der Waals surface area contributed by atoms with Crippen LogP contribution in [0, 0.1) is 5.41 Å². The van der Waals surface area contributed by atoms with Crippen molar-refractivity contribution in [1.82, 2.24) is 9.38 Å². The molecule has 0 spiro atoms. The zero-order valence-corrected chi connectivity index (χ0v) is 12.0. The fourth-order valence-corrected chi connectivity index (χ4v) is 2.80. The lowest BCUT2D eigenvalue weighted by Crippen LogP contribution is -2.21. The maximum absolute atomic E-state index is 9.66. The van der Waals surface area contributed by atoms with Crippen LogP contribution in [-0.2, 0) is 0 Å². The summed E-state index contributed by atoms with van der Waals surface area (Å²) in [5.74, 6) is -0.860. The van der Waals surface area contributed by atoms with Crippen LogP contribution in [0.15, 0.2) is 34.8 Å². The molecule has 0 aliphatic rings. The Labute approximate surface area is 128 Å². The molecule has 0 saturated heterocycles. The molecule has 3 rings (SSSR count). The Kier molecular flexibility index (Phi) is 3.18. The number of benzene rings is 1. The maximum Gasteiger partial charge on any atom is 0.214 e. The Hall–Kier alpha value is -3.07. The molecule has 0 unspecified atom stereocenters. The van der Waals surface area contributed by atoms with Crippen molar-refractivity contribution in [2.75, 3.05) is 0 Å². The number of amidine groups is 1. The number of imidazole rings is 1. The molecule has 0 atom stereocenters. The second-order valence-electron chi connectivity index (χ2n) is 4.45. The zero-order valence-electron chi connectivity index (χ0n) is 11.2. The van der Waals surface area contributed by atoms with E-state index in [4.69, 9.17) is 16.9 Å². The van der Waals surface area contributed by atoms with Gasteiger partial charge in [0.15, 0.2) is 22.3 Å². The first-order valence-electron chi connectivity index (χ1n) is 6.14. The average molecular weight is 316 g/mol. The van der Waals surface area contributed by atoms with Crippen molar-refractivity contribution >= 4 is 28.1 Å². The highest BCUT2D eigenvalue weighted by Crippen LogP contribution is 2.32. The summed E-state index contributed by atoms with van der Waals surface area (Å²) in [6.07, 6.45) is 1.77. The first kappa shape index (κ1) is 13.9. The summed E-state index contributed by atoms with van der Waals surface area (Å²) >= 11 is 1.41. The third-order valence-corrected chi connectivity index (χ3v) is 3.75. The first-order valence-corrected chi connectivity index (χ1v) is 7.02. The number of nitrogens with zero attached hydrogens (tertiary/aromatic N) is 3. The standard InChI is InChI=1S/C13H12N6O2S/c14-11(18-12(15)16)10-9(17-13-19(10)3-4-22-13)6-1-2-7(20)8(21)5-6/h1-5,20-21H,(H5,14,15,16,18). The highest BCUT2D eigenvalue weighted by atomic mass is 32.1. The van der Waals surface area contributed by atoms with Crippen LogP contribution in [0.1, 0.15) is 5.69 Å². The Morgan fingerprint density at radius 1 is 1.27 bits per heavy atom. The van der Waals surface area contributed by atoms with Gasteiger partial charge in [-0.1, -0.05) is 0 Å². The third-order valence-electron chi connectivity index (χ3n) is 2.99. The van der Waals surface area contributed by atoms with E-state index < -0.39 is 5.96 Å². The lowest BCUT2D eigenvalue weighted by molar-refractivity contribution is 0.404. The molecule has 0 bridgehead atoms. The summed E-state index contributed by atoms with van der Waals surface area (Å²) in [4.78, 5) is 8.90. The second-order valence-corrected chi connectivity index (χ2v) is 5.32. The maximum atomic E-state index is 9.66. The van der Waals surface area contributed by atoms with Crippen LogP contribution in [-0.4, -0.2) is 31.4 Å². The van der Waals surface area contributed by atoms with Gasteiger partial charge in [0.25, 0.3) is 0 Å². The lowest BCUT2D eigenvalue weighted by Gasteiger charge is -2.05. The van der Waals surface area contributed by atoms with Crippen molar-refractivity contribution in [1.29, 1.82) is 5.41 Å². The molecule has 7 N–H and O–H groups in total. The van der Waals surface area contributed by atoms with Crippen LogP contribution >= 0.6 is 11.3 Å². The summed E-state index contributed by atoms with van der Waals surface area (Å²) in [5.41, 5.74) is 12.7. The van der Waals surface area contributed by atoms with E-state index in [1.165, 1.54) is 23.5 Å². The first-order chi connectivity index (χ1) is 10.5. The predicted octanol–water partition coefficient (Wildman–Crippen LogP) is 1.07. The highest BCUT2D eigenvalue weighted by Gasteiger charge is 2.19. The number of phenolic OH excluding ortho intramolecular Hbond substituents is 2. The van der Waals surface area contributed by atoms with Gasteiger partial charge in [-0.15, -0.1) is 11.3 Å². The van der Waals surface area contributed by atoms with E-state index in [9.17, 15) is 10.2 Å². The van der Waals surface area contributed by atoms with Crippen LogP contribution in [0.2, 0.25) is 0 Å². The quantitative estimate of drug-likeness (QED) is 0.273. The number of hydrogen-bond acceptors (Lipinski definition) is 5. The fraction of sp³-hybridized carbons (Fsp3) is 0. The minimum Gasteiger partial charge on any atom is -0.504 e. The van der Waals surface area contributed by atoms with Gasteiger partial charge in [0.1, 0.15) is 11.4 Å². The Morgan fingerprint density at radius 3 is 2.73 bits per heavy atom. The zero-order chi connectivity index (χ0) is 15.9. The molecule has 22 heavy (non-hydrogen) atoms. The van der Waals surface area contributed by atoms with Gasteiger partial charge < -0.3 is 21.7 Å².